The van der Waals surface area contributed by atoms with Gasteiger partial charge < -0.3 is 25.0 Å². The van der Waals surface area contributed by atoms with E-state index < -0.39 is 35.7 Å². The van der Waals surface area contributed by atoms with Crippen molar-refractivity contribution in [3.05, 3.63) is 35.2 Å². The lowest BCUT2D eigenvalue weighted by Crippen LogP contribution is -2.48. The fourth-order valence-corrected chi connectivity index (χ4v) is 5.31. The van der Waals surface area contributed by atoms with Gasteiger partial charge in [0.1, 0.15) is 17.3 Å². The Morgan fingerprint density at radius 2 is 2.03 bits per heavy atom. The maximum absolute atomic E-state index is 15.2. The Labute approximate surface area is 186 Å². The molecule has 0 unspecified atom stereocenters. The third-order valence-electron chi connectivity index (χ3n) is 5.81. The Kier molecular flexibility index (Phi) is 5.13. The lowest BCUT2D eigenvalue weighted by molar-refractivity contribution is -0.156. The number of anilines is 1. The molecule has 170 valence electrons. The average molecular weight is 464 g/mol. The predicted octanol–water partition coefficient (Wildman–Crippen LogP) is 2.85. The second kappa shape index (κ2) is 7.63. The number of hydrogen-bond acceptors (Lipinski definition) is 9. The molecule has 4 atom stereocenters. The van der Waals surface area contributed by atoms with Crippen LogP contribution >= 0.6 is 11.3 Å². The summed E-state index contributed by atoms with van der Waals surface area (Å²) in [5.74, 6) is -1.40. The molecule has 0 spiro atoms. The van der Waals surface area contributed by atoms with E-state index in [-0.39, 0.29) is 28.1 Å². The Morgan fingerprint density at radius 1 is 1.25 bits per heavy atom. The molecule has 8 nitrogen and oxygen atoms in total. The highest BCUT2D eigenvalue weighted by Gasteiger charge is 2.43. The van der Waals surface area contributed by atoms with E-state index in [1.165, 1.54) is 6.20 Å². The SMILES string of the molecule is Cc1c(C(C)(C)O)cnc2c(F)c(-c3nc(N[C@@H]4C[C@H]5CO[C@H](O5)[C@H]4O)ncc3F)sc12. The summed E-state index contributed by atoms with van der Waals surface area (Å²) in [5.41, 5.74) is -0.0267. The van der Waals surface area contributed by atoms with Gasteiger partial charge >= 0.3 is 0 Å². The van der Waals surface area contributed by atoms with Gasteiger partial charge in [0.2, 0.25) is 5.95 Å². The average Bonchev–Trinajstić information content (AvgIpc) is 3.29. The normalized spacial score (nSPS) is 25.5. The van der Waals surface area contributed by atoms with E-state index in [2.05, 4.69) is 20.3 Å². The summed E-state index contributed by atoms with van der Waals surface area (Å²) in [6.45, 7) is 5.40. The second-order valence-electron chi connectivity index (χ2n) is 8.61. The molecule has 2 aliphatic heterocycles. The summed E-state index contributed by atoms with van der Waals surface area (Å²) in [4.78, 5) is 12.3. The van der Waals surface area contributed by atoms with Crippen molar-refractivity contribution in [1.29, 1.82) is 0 Å². The van der Waals surface area contributed by atoms with Crippen LogP contribution in [0.3, 0.4) is 0 Å². The Morgan fingerprint density at radius 3 is 2.78 bits per heavy atom. The maximum atomic E-state index is 15.2. The molecule has 0 aliphatic carbocycles. The minimum absolute atomic E-state index is 0.0117. The molecule has 3 N–H and O–H groups in total. The first-order chi connectivity index (χ1) is 15.1. The molecule has 2 fully saturated rings. The van der Waals surface area contributed by atoms with Crippen molar-refractivity contribution < 1.29 is 28.5 Å². The Hall–Kier alpha value is -2.31. The Balaban J connectivity index is 1.52. The zero-order chi connectivity index (χ0) is 22.8. The fourth-order valence-electron chi connectivity index (χ4n) is 4.18. The molecule has 11 heteroatoms. The van der Waals surface area contributed by atoms with Gasteiger partial charge in [-0.3, -0.25) is 4.98 Å². The standard InChI is InChI=1S/C21H22F2N4O4S/c1-8-10(21(2,3)29)5-24-15-13(23)18(32-17(8)15)14-11(22)6-25-20(27-14)26-12-4-9-7-30-19(31-9)16(12)28/h5-6,9,12,16,19,28-29H,4,7H2,1-3H3,(H,25,26,27)/t9-,12+,16-,19+/m0/s1. The van der Waals surface area contributed by atoms with Crippen molar-refractivity contribution in [2.24, 2.45) is 0 Å². The smallest absolute Gasteiger partial charge is 0.223 e. The molecule has 0 saturated carbocycles. The van der Waals surface area contributed by atoms with E-state index in [0.29, 0.717) is 28.9 Å². The number of aliphatic hydroxyl groups excluding tert-OH is 1. The van der Waals surface area contributed by atoms with Crippen molar-refractivity contribution in [2.75, 3.05) is 11.9 Å². The summed E-state index contributed by atoms with van der Waals surface area (Å²) < 4.78 is 41.3. The molecule has 2 saturated heterocycles. The van der Waals surface area contributed by atoms with Crippen LogP contribution in [-0.2, 0) is 15.1 Å². The van der Waals surface area contributed by atoms with E-state index in [9.17, 15) is 14.6 Å². The largest absolute Gasteiger partial charge is 0.386 e. The van der Waals surface area contributed by atoms with Crippen LogP contribution in [0.15, 0.2) is 12.4 Å². The summed E-state index contributed by atoms with van der Waals surface area (Å²) in [6.07, 6.45) is 1.04. The van der Waals surface area contributed by atoms with Gasteiger partial charge in [0.25, 0.3) is 0 Å². The number of aliphatic hydroxyl groups is 2. The number of thiophene rings is 1. The lowest BCUT2D eigenvalue weighted by atomic mass is 9.96. The van der Waals surface area contributed by atoms with Crippen molar-refractivity contribution >= 4 is 27.5 Å². The van der Waals surface area contributed by atoms with E-state index in [4.69, 9.17) is 9.47 Å². The number of nitrogens with one attached hydrogen (secondary N) is 1. The van der Waals surface area contributed by atoms with Crippen LogP contribution in [0.5, 0.6) is 0 Å². The van der Waals surface area contributed by atoms with Crippen molar-refractivity contribution in [3.8, 4) is 10.6 Å². The van der Waals surface area contributed by atoms with Crippen LogP contribution in [0.1, 0.15) is 31.4 Å². The lowest BCUT2D eigenvalue weighted by Gasteiger charge is -2.32. The maximum Gasteiger partial charge on any atom is 0.223 e. The van der Waals surface area contributed by atoms with Crippen LogP contribution in [0.4, 0.5) is 14.7 Å². The molecule has 3 aromatic heterocycles. The third-order valence-corrected chi connectivity index (χ3v) is 7.09. The van der Waals surface area contributed by atoms with Crippen LogP contribution < -0.4 is 5.32 Å². The number of halogens is 2. The van der Waals surface area contributed by atoms with Crippen molar-refractivity contribution in [2.45, 2.75) is 57.3 Å². The van der Waals surface area contributed by atoms with Gasteiger partial charge in [-0.05, 0) is 32.8 Å². The predicted molar refractivity (Wildman–Crippen MR) is 113 cm³/mol. The van der Waals surface area contributed by atoms with Crippen molar-refractivity contribution in [3.63, 3.8) is 0 Å². The molecule has 5 heterocycles. The van der Waals surface area contributed by atoms with Crippen LogP contribution in [0, 0.1) is 18.6 Å². The van der Waals surface area contributed by atoms with E-state index >= 15 is 4.39 Å². The zero-order valence-electron chi connectivity index (χ0n) is 17.6. The molecule has 0 radical (unpaired) electrons. The minimum Gasteiger partial charge on any atom is -0.386 e. The fraction of sp³-hybridized carbons (Fsp3) is 0.476. The van der Waals surface area contributed by atoms with Gasteiger partial charge in [0.15, 0.2) is 17.9 Å². The van der Waals surface area contributed by atoms with Gasteiger partial charge in [-0.1, -0.05) is 0 Å². The first kappa shape index (κ1) is 21.5. The van der Waals surface area contributed by atoms with Crippen LogP contribution in [-0.4, -0.2) is 56.3 Å². The minimum atomic E-state index is -1.16. The number of aryl methyl sites for hydroxylation is 1. The van der Waals surface area contributed by atoms with Crippen molar-refractivity contribution in [1.82, 2.24) is 15.0 Å². The first-order valence-corrected chi connectivity index (χ1v) is 11.0. The monoisotopic (exact) mass is 464 g/mol. The number of hydrogen-bond donors (Lipinski definition) is 3. The van der Waals surface area contributed by atoms with Gasteiger partial charge in [0, 0.05) is 11.8 Å². The molecule has 2 aliphatic rings. The quantitative estimate of drug-likeness (QED) is 0.541. The Bertz CT molecular complexity index is 1200. The first-order valence-electron chi connectivity index (χ1n) is 10.2. The third kappa shape index (κ3) is 3.54. The number of pyridine rings is 1. The molecule has 5 rings (SSSR count). The number of nitrogens with zero attached hydrogens (tertiary/aromatic N) is 3. The topological polar surface area (TPSA) is 110 Å². The molecule has 32 heavy (non-hydrogen) atoms. The van der Waals surface area contributed by atoms with E-state index in [0.717, 1.165) is 17.5 Å². The van der Waals surface area contributed by atoms with Crippen LogP contribution in [0.2, 0.25) is 0 Å². The summed E-state index contributed by atoms with van der Waals surface area (Å²) in [5, 5.41) is 23.8. The molecule has 3 aromatic rings. The molecule has 2 bridgehead atoms. The summed E-state index contributed by atoms with van der Waals surface area (Å²) in [6, 6.07) is -0.454. The van der Waals surface area contributed by atoms with Gasteiger partial charge in [-0.15, -0.1) is 11.3 Å². The highest BCUT2D eigenvalue weighted by atomic mass is 32.1. The molecule has 0 aromatic carbocycles. The molecule has 0 amide bonds. The van der Waals surface area contributed by atoms with Crippen LogP contribution in [0.25, 0.3) is 20.8 Å². The number of aromatic nitrogens is 3. The number of rotatable bonds is 4. The molecular weight excluding hydrogens is 442 g/mol. The van der Waals surface area contributed by atoms with E-state index in [1.807, 2.05) is 0 Å². The number of ether oxygens (including phenoxy) is 2. The van der Waals surface area contributed by atoms with Gasteiger partial charge in [-0.25, -0.2) is 18.7 Å². The zero-order valence-corrected chi connectivity index (χ0v) is 18.4. The van der Waals surface area contributed by atoms with Gasteiger partial charge in [0.05, 0.1) is 40.1 Å². The van der Waals surface area contributed by atoms with E-state index in [1.54, 1.807) is 20.8 Å². The highest BCUT2D eigenvalue weighted by Crippen LogP contribution is 2.40. The molecular formula is C21H22F2N4O4S. The summed E-state index contributed by atoms with van der Waals surface area (Å²) in [7, 11) is 0. The highest BCUT2D eigenvalue weighted by molar-refractivity contribution is 7.22. The summed E-state index contributed by atoms with van der Waals surface area (Å²) >= 11 is 1.02. The second-order valence-corrected chi connectivity index (χ2v) is 9.63. The van der Waals surface area contributed by atoms with Gasteiger partial charge in [-0.2, -0.15) is 0 Å². The number of fused-ring (bicyclic) bond motifs is 3.